The summed E-state index contributed by atoms with van der Waals surface area (Å²) in [5, 5.41) is 0. The molecule has 1 saturated heterocycles. The van der Waals surface area contributed by atoms with Crippen LogP contribution in [0.5, 0.6) is 0 Å². The minimum atomic E-state index is -4.19. The highest BCUT2D eigenvalue weighted by Gasteiger charge is 2.33. The van der Waals surface area contributed by atoms with Crippen molar-refractivity contribution in [3.63, 3.8) is 0 Å². The first-order valence-electron chi connectivity index (χ1n) is 5.86. The molecule has 1 aliphatic rings. The van der Waals surface area contributed by atoms with Crippen LogP contribution in [0.15, 0.2) is 23.1 Å². The van der Waals surface area contributed by atoms with Gasteiger partial charge in [0.05, 0.1) is 0 Å². The van der Waals surface area contributed by atoms with Crippen LogP contribution in [0.25, 0.3) is 0 Å². The van der Waals surface area contributed by atoms with Gasteiger partial charge >= 0.3 is 0 Å². The van der Waals surface area contributed by atoms with Gasteiger partial charge in [0.25, 0.3) is 0 Å². The number of carbonyl (C=O) groups excluding carboxylic acids is 1. The van der Waals surface area contributed by atoms with Gasteiger partial charge in [-0.25, -0.2) is 17.2 Å². The summed E-state index contributed by atoms with van der Waals surface area (Å²) < 4.78 is 52.5. The maximum Gasteiger partial charge on any atom is 0.248 e. The maximum absolute atomic E-state index is 13.5. The predicted molar refractivity (Wildman–Crippen MR) is 63.9 cm³/mol. The summed E-state index contributed by atoms with van der Waals surface area (Å²) in [6.45, 7) is 0.193. The topological polar surface area (TPSA) is 54.5 Å². The van der Waals surface area contributed by atoms with Crippen LogP contribution in [-0.4, -0.2) is 32.1 Å². The first-order valence-corrected chi connectivity index (χ1v) is 7.30. The molecule has 4 nitrogen and oxygen atoms in total. The van der Waals surface area contributed by atoms with Crippen LogP contribution in [0.4, 0.5) is 8.78 Å². The summed E-state index contributed by atoms with van der Waals surface area (Å²) in [6.07, 6.45) is 1.53. The van der Waals surface area contributed by atoms with Gasteiger partial charge in [0.15, 0.2) is 4.90 Å². The van der Waals surface area contributed by atoms with E-state index in [9.17, 15) is 22.0 Å². The normalized spacial score (nSPS) is 18.4. The number of hydrogen-bond acceptors (Lipinski definition) is 3. The largest absolute Gasteiger partial charge is 0.303 e. The molecule has 0 radical (unpaired) electrons. The van der Waals surface area contributed by atoms with E-state index in [-0.39, 0.29) is 19.0 Å². The molecule has 0 spiro atoms. The third kappa shape index (κ3) is 2.66. The summed E-state index contributed by atoms with van der Waals surface area (Å²) in [7, 11) is -4.19. The Morgan fingerprint density at radius 3 is 2.16 bits per heavy atom. The zero-order valence-electron chi connectivity index (χ0n) is 10.1. The van der Waals surface area contributed by atoms with Crippen molar-refractivity contribution in [2.45, 2.75) is 17.7 Å². The van der Waals surface area contributed by atoms with Crippen molar-refractivity contribution in [2.24, 2.45) is 5.92 Å². The van der Waals surface area contributed by atoms with E-state index in [0.29, 0.717) is 12.8 Å². The molecule has 2 rings (SSSR count). The molecule has 0 bridgehead atoms. The lowest BCUT2D eigenvalue weighted by molar-refractivity contribution is -0.112. The zero-order chi connectivity index (χ0) is 14.0. The summed E-state index contributed by atoms with van der Waals surface area (Å²) in [5.74, 6) is -2.38. The number of benzene rings is 1. The number of halogens is 2. The second-order valence-corrected chi connectivity index (χ2v) is 6.30. The third-order valence-corrected chi connectivity index (χ3v) is 5.16. The predicted octanol–water partition coefficient (Wildman–Crippen LogP) is 1.56. The minimum absolute atomic E-state index is 0.0967. The van der Waals surface area contributed by atoms with Gasteiger partial charge in [0, 0.05) is 19.0 Å². The van der Waals surface area contributed by atoms with Crippen molar-refractivity contribution >= 4 is 16.3 Å². The van der Waals surface area contributed by atoms with Gasteiger partial charge in [0.1, 0.15) is 17.9 Å². The van der Waals surface area contributed by atoms with Crippen LogP contribution >= 0.6 is 0 Å². The fourth-order valence-corrected chi connectivity index (χ4v) is 3.69. The lowest BCUT2D eigenvalue weighted by atomic mass is 10.0. The second-order valence-electron chi connectivity index (χ2n) is 4.43. The van der Waals surface area contributed by atoms with Gasteiger partial charge in [-0.3, -0.25) is 0 Å². The molecule has 1 aromatic carbocycles. The van der Waals surface area contributed by atoms with E-state index in [1.807, 2.05) is 0 Å². The van der Waals surface area contributed by atoms with E-state index in [1.165, 1.54) is 0 Å². The van der Waals surface area contributed by atoms with Gasteiger partial charge in [-0.1, -0.05) is 6.07 Å². The average Bonchev–Trinajstić information content (AvgIpc) is 2.38. The molecular formula is C12H13F2NO3S. The molecule has 1 aromatic rings. The lowest BCUT2D eigenvalue weighted by Gasteiger charge is -2.28. The Kier molecular flexibility index (Phi) is 3.96. The monoisotopic (exact) mass is 289 g/mol. The van der Waals surface area contributed by atoms with E-state index >= 15 is 0 Å². The van der Waals surface area contributed by atoms with Crippen molar-refractivity contribution in [1.29, 1.82) is 0 Å². The Morgan fingerprint density at radius 1 is 1.16 bits per heavy atom. The lowest BCUT2D eigenvalue weighted by Crippen LogP contribution is -2.39. The molecule has 0 atom stereocenters. The first-order chi connectivity index (χ1) is 8.96. The molecule has 19 heavy (non-hydrogen) atoms. The van der Waals surface area contributed by atoms with Crippen molar-refractivity contribution in [2.75, 3.05) is 13.1 Å². The van der Waals surface area contributed by atoms with Crippen molar-refractivity contribution in [3.8, 4) is 0 Å². The highest BCUT2D eigenvalue weighted by molar-refractivity contribution is 7.89. The average molecular weight is 289 g/mol. The molecule has 1 aliphatic heterocycles. The van der Waals surface area contributed by atoms with E-state index in [4.69, 9.17) is 0 Å². The van der Waals surface area contributed by atoms with Crippen molar-refractivity contribution in [1.82, 2.24) is 4.31 Å². The highest BCUT2D eigenvalue weighted by Crippen LogP contribution is 2.26. The minimum Gasteiger partial charge on any atom is -0.303 e. The van der Waals surface area contributed by atoms with Gasteiger partial charge in [0.2, 0.25) is 10.0 Å². The molecular weight excluding hydrogens is 276 g/mol. The van der Waals surface area contributed by atoms with Crippen LogP contribution in [0.1, 0.15) is 12.8 Å². The van der Waals surface area contributed by atoms with Crippen molar-refractivity contribution < 1.29 is 22.0 Å². The van der Waals surface area contributed by atoms with Gasteiger partial charge < -0.3 is 4.79 Å². The number of sulfonamides is 1. The van der Waals surface area contributed by atoms with E-state index in [0.717, 1.165) is 28.8 Å². The number of carbonyl (C=O) groups is 1. The molecule has 1 heterocycles. The number of nitrogens with zero attached hydrogens (tertiary/aromatic N) is 1. The summed E-state index contributed by atoms with van der Waals surface area (Å²) >= 11 is 0. The molecule has 1 fully saturated rings. The van der Waals surface area contributed by atoms with Crippen molar-refractivity contribution in [3.05, 3.63) is 29.8 Å². The Balaban J connectivity index is 2.31. The molecule has 0 aromatic heterocycles. The fourth-order valence-electron chi connectivity index (χ4n) is 2.11. The SMILES string of the molecule is O=CC1CCN(S(=O)(=O)c2c(F)cccc2F)CC1. The fraction of sp³-hybridized carbons (Fsp3) is 0.417. The summed E-state index contributed by atoms with van der Waals surface area (Å²) in [6, 6.07) is 2.94. The molecule has 0 aliphatic carbocycles. The molecule has 0 N–H and O–H groups in total. The van der Waals surface area contributed by atoms with E-state index in [2.05, 4.69) is 0 Å². The highest BCUT2D eigenvalue weighted by atomic mass is 32.2. The molecule has 0 saturated carbocycles. The van der Waals surface area contributed by atoms with Crippen LogP contribution in [-0.2, 0) is 14.8 Å². The van der Waals surface area contributed by atoms with Gasteiger partial charge in [-0.15, -0.1) is 0 Å². The summed E-state index contributed by atoms with van der Waals surface area (Å²) in [5.41, 5.74) is 0. The van der Waals surface area contributed by atoms with Crippen LogP contribution in [0.2, 0.25) is 0 Å². The van der Waals surface area contributed by atoms with Gasteiger partial charge in [-0.2, -0.15) is 4.31 Å². The zero-order valence-corrected chi connectivity index (χ0v) is 10.9. The van der Waals surface area contributed by atoms with Crippen LogP contribution < -0.4 is 0 Å². The standard InChI is InChI=1S/C12H13F2NO3S/c13-10-2-1-3-11(14)12(10)19(17,18)15-6-4-9(8-16)5-7-15/h1-3,8-9H,4-7H2. The number of piperidine rings is 1. The Bertz CT molecular complexity index is 560. The van der Waals surface area contributed by atoms with Gasteiger partial charge in [-0.05, 0) is 25.0 Å². The quantitative estimate of drug-likeness (QED) is 0.794. The first kappa shape index (κ1) is 14.1. The molecule has 0 amide bonds. The second kappa shape index (κ2) is 5.34. The van der Waals surface area contributed by atoms with Crippen LogP contribution in [0, 0.1) is 17.6 Å². The van der Waals surface area contributed by atoms with E-state index in [1.54, 1.807) is 0 Å². The number of hydrogen-bond donors (Lipinski definition) is 0. The Morgan fingerprint density at radius 2 is 1.68 bits per heavy atom. The van der Waals surface area contributed by atoms with Crippen LogP contribution in [0.3, 0.4) is 0 Å². The molecule has 7 heteroatoms. The third-order valence-electron chi connectivity index (χ3n) is 3.21. The Hall–Kier alpha value is -1.34. The number of rotatable bonds is 3. The number of aldehydes is 1. The molecule has 104 valence electrons. The Labute approximate surface area is 110 Å². The van der Waals surface area contributed by atoms with E-state index < -0.39 is 26.6 Å². The smallest absolute Gasteiger partial charge is 0.248 e. The summed E-state index contributed by atoms with van der Waals surface area (Å²) in [4.78, 5) is 9.69. The maximum atomic E-state index is 13.5. The molecule has 0 unspecified atom stereocenters.